The van der Waals surface area contributed by atoms with Gasteiger partial charge in [-0.1, -0.05) is 116 Å². The number of hydrogen-bond acceptors (Lipinski definition) is 6. The fourth-order valence-corrected chi connectivity index (χ4v) is 3.95. The number of ether oxygens (including phenoxy) is 2. The van der Waals surface area contributed by atoms with Gasteiger partial charge in [0.05, 0.1) is 12.8 Å². The second kappa shape index (κ2) is 25.5. The van der Waals surface area contributed by atoms with Crippen molar-refractivity contribution in [3.05, 3.63) is 0 Å². The van der Waals surface area contributed by atoms with Gasteiger partial charge in [-0.05, 0) is 6.42 Å². The molecule has 0 heterocycles. The van der Waals surface area contributed by atoms with Crippen LogP contribution in [0.5, 0.6) is 0 Å². The summed E-state index contributed by atoms with van der Waals surface area (Å²) in [5.41, 5.74) is 0. The number of carbonyl (C=O) groups excluding carboxylic acids is 2. The van der Waals surface area contributed by atoms with E-state index in [1.165, 1.54) is 96.3 Å². The molecular weight excluding hydrogens is 448 g/mol. The molecule has 1 unspecified atom stereocenters. The number of rotatable bonds is 26. The lowest BCUT2D eigenvalue weighted by atomic mass is 10.0. The molecule has 0 saturated heterocycles. The Kier molecular flexibility index (Phi) is 24.3. The number of aliphatic hydroxyl groups excluding tert-OH is 1. The maximum absolute atomic E-state index is 11.7. The normalized spacial score (nSPS) is 11.8. The smallest absolute Gasteiger partial charge is 0.306 e. The van der Waals surface area contributed by atoms with Gasteiger partial charge in [0.2, 0.25) is 0 Å². The van der Waals surface area contributed by atoms with E-state index in [1.54, 1.807) is 0 Å². The molecule has 0 aromatic rings. The molecule has 0 rings (SSSR count). The molecule has 0 radical (unpaired) electrons. The minimum atomic E-state index is -1.10. The molecule has 7 nitrogen and oxygen atoms in total. The summed E-state index contributed by atoms with van der Waals surface area (Å²) in [5, 5.41) is 18.2. The number of hydrogen-bond donors (Lipinski definition) is 2. The molecule has 0 aromatic carbocycles. The van der Waals surface area contributed by atoms with Gasteiger partial charge in [0.1, 0.15) is 19.3 Å². The highest BCUT2D eigenvalue weighted by molar-refractivity contribution is 5.76. The number of aliphatic hydroxyl groups is 1. The molecule has 206 valence electrons. The zero-order valence-corrected chi connectivity index (χ0v) is 22.3. The molecule has 0 amide bonds. The van der Waals surface area contributed by atoms with Crippen LogP contribution in [0.25, 0.3) is 0 Å². The van der Waals surface area contributed by atoms with Gasteiger partial charge in [-0.3, -0.25) is 14.4 Å². The lowest BCUT2D eigenvalue weighted by Crippen LogP contribution is -2.25. The lowest BCUT2D eigenvalue weighted by molar-refractivity contribution is -0.154. The van der Waals surface area contributed by atoms with Crippen molar-refractivity contribution in [2.45, 2.75) is 148 Å². The number of aliphatic carboxylic acids is 1. The third-order valence-corrected chi connectivity index (χ3v) is 6.15. The molecule has 35 heavy (non-hydrogen) atoms. The first-order chi connectivity index (χ1) is 17.0. The first-order valence-corrected chi connectivity index (χ1v) is 14.2. The van der Waals surface area contributed by atoms with Gasteiger partial charge in [-0.15, -0.1) is 0 Å². The Hall–Kier alpha value is -1.63. The van der Waals surface area contributed by atoms with Crippen LogP contribution in [0.3, 0.4) is 0 Å². The Bertz CT molecular complexity index is 521. The van der Waals surface area contributed by atoms with E-state index in [9.17, 15) is 19.5 Å². The van der Waals surface area contributed by atoms with E-state index in [0.29, 0.717) is 6.42 Å². The van der Waals surface area contributed by atoms with E-state index in [4.69, 9.17) is 14.6 Å². The van der Waals surface area contributed by atoms with Gasteiger partial charge < -0.3 is 19.7 Å². The monoisotopic (exact) mass is 500 g/mol. The maximum Gasteiger partial charge on any atom is 0.306 e. The van der Waals surface area contributed by atoms with Crippen LogP contribution in [0.1, 0.15) is 142 Å². The highest BCUT2D eigenvalue weighted by Crippen LogP contribution is 2.14. The fraction of sp³-hybridized carbons (Fsp3) is 0.893. The second-order valence-electron chi connectivity index (χ2n) is 9.67. The third kappa shape index (κ3) is 26.8. The average Bonchev–Trinajstić information content (AvgIpc) is 2.84. The second-order valence-corrected chi connectivity index (χ2v) is 9.67. The summed E-state index contributed by atoms with van der Waals surface area (Å²) in [6.45, 7) is 1.72. The van der Waals surface area contributed by atoms with Crippen molar-refractivity contribution in [1.82, 2.24) is 0 Å². The molecule has 0 aliphatic carbocycles. The van der Waals surface area contributed by atoms with Gasteiger partial charge in [-0.25, -0.2) is 0 Å². The Morgan fingerprint density at radius 3 is 1.26 bits per heavy atom. The number of esters is 2. The van der Waals surface area contributed by atoms with Crippen molar-refractivity contribution < 1.29 is 34.1 Å². The van der Waals surface area contributed by atoms with Gasteiger partial charge in [0.15, 0.2) is 0 Å². The summed E-state index contributed by atoms with van der Waals surface area (Å²) >= 11 is 0. The molecule has 0 saturated carbocycles. The van der Waals surface area contributed by atoms with Crippen LogP contribution >= 0.6 is 0 Å². The molecule has 0 aliphatic rings. The predicted molar refractivity (Wildman–Crippen MR) is 138 cm³/mol. The van der Waals surface area contributed by atoms with Crippen LogP contribution in [0.4, 0.5) is 0 Å². The quantitative estimate of drug-likeness (QED) is 0.100. The molecule has 0 fully saturated rings. The maximum atomic E-state index is 11.7. The zero-order valence-electron chi connectivity index (χ0n) is 22.3. The summed E-state index contributed by atoms with van der Waals surface area (Å²) in [5.74, 6) is -2.15. The van der Waals surface area contributed by atoms with Crippen LogP contribution < -0.4 is 0 Å². The molecule has 0 spiro atoms. The number of carboxylic acids is 1. The summed E-state index contributed by atoms with van der Waals surface area (Å²) < 4.78 is 9.74. The molecule has 7 heteroatoms. The van der Waals surface area contributed by atoms with Crippen LogP contribution in [0.2, 0.25) is 0 Å². The van der Waals surface area contributed by atoms with E-state index in [0.717, 1.165) is 19.3 Å². The molecule has 0 aromatic heterocycles. The van der Waals surface area contributed by atoms with Gasteiger partial charge >= 0.3 is 17.9 Å². The lowest BCUT2D eigenvalue weighted by Gasteiger charge is -2.11. The van der Waals surface area contributed by atoms with E-state index in [1.807, 2.05) is 0 Å². The molecule has 0 bridgehead atoms. The standard InChI is InChI=1S/C28H52O7/c1-2-3-4-5-6-7-8-9-10-11-12-13-14-15-16-17-18-19-20-27(32)34-23-25(29)24-35-28(33)22-21-26(30)31/h25,29H,2-24H2,1H3,(H,30,31). The van der Waals surface area contributed by atoms with Crippen molar-refractivity contribution >= 4 is 17.9 Å². The van der Waals surface area contributed by atoms with E-state index in [2.05, 4.69) is 6.92 Å². The Morgan fingerprint density at radius 1 is 0.543 bits per heavy atom. The largest absolute Gasteiger partial charge is 0.481 e. The van der Waals surface area contributed by atoms with Crippen LogP contribution in [-0.2, 0) is 23.9 Å². The summed E-state index contributed by atoms with van der Waals surface area (Å²) in [7, 11) is 0. The van der Waals surface area contributed by atoms with Crippen LogP contribution in [0, 0.1) is 0 Å². The highest BCUT2D eigenvalue weighted by atomic mass is 16.6. The highest BCUT2D eigenvalue weighted by Gasteiger charge is 2.13. The number of carboxylic acid groups (broad SMARTS) is 1. The number of carbonyl (C=O) groups is 3. The summed E-state index contributed by atoms with van der Waals surface area (Å²) in [6, 6.07) is 0. The van der Waals surface area contributed by atoms with Crippen molar-refractivity contribution in [3.8, 4) is 0 Å². The molecule has 1 atom stereocenters. The zero-order chi connectivity index (χ0) is 26.0. The topological polar surface area (TPSA) is 110 Å². The van der Waals surface area contributed by atoms with E-state index < -0.39 is 18.0 Å². The average molecular weight is 501 g/mol. The minimum Gasteiger partial charge on any atom is -0.481 e. The molecule has 0 aliphatic heterocycles. The van der Waals surface area contributed by atoms with E-state index in [-0.39, 0.29) is 32.0 Å². The predicted octanol–water partition coefficient (Wildman–Crippen LogP) is 6.73. The first-order valence-electron chi connectivity index (χ1n) is 14.2. The summed E-state index contributed by atoms with van der Waals surface area (Å²) in [4.78, 5) is 33.4. The van der Waals surface area contributed by atoms with Crippen molar-refractivity contribution in [2.75, 3.05) is 13.2 Å². The molecule has 2 N–H and O–H groups in total. The van der Waals surface area contributed by atoms with Crippen LogP contribution in [-0.4, -0.2) is 47.4 Å². The van der Waals surface area contributed by atoms with Gasteiger partial charge in [-0.2, -0.15) is 0 Å². The first kappa shape index (κ1) is 33.4. The number of unbranched alkanes of at least 4 members (excludes halogenated alkanes) is 17. The summed E-state index contributed by atoms with van der Waals surface area (Å²) in [6.07, 6.45) is 22.0. The van der Waals surface area contributed by atoms with Crippen molar-refractivity contribution in [2.24, 2.45) is 0 Å². The van der Waals surface area contributed by atoms with E-state index >= 15 is 0 Å². The minimum absolute atomic E-state index is 0.232. The SMILES string of the molecule is CCCCCCCCCCCCCCCCCCCCC(=O)OCC(O)COC(=O)CCC(=O)O. The Morgan fingerprint density at radius 2 is 0.886 bits per heavy atom. The third-order valence-electron chi connectivity index (χ3n) is 6.15. The van der Waals surface area contributed by atoms with Gasteiger partial charge in [0.25, 0.3) is 0 Å². The Labute approximate surface area is 213 Å². The van der Waals surface area contributed by atoms with Gasteiger partial charge in [0, 0.05) is 6.42 Å². The Balaban J connectivity index is 3.33. The van der Waals surface area contributed by atoms with Crippen LogP contribution in [0.15, 0.2) is 0 Å². The van der Waals surface area contributed by atoms with Crippen molar-refractivity contribution in [3.63, 3.8) is 0 Å². The molecular formula is C28H52O7. The fourth-order valence-electron chi connectivity index (χ4n) is 3.95. The van der Waals surface area contributed by atoms with Crippen molar-refractivity contribution in [1.29, 1.82) is 0 Å².